The SMILES string of the molecule is CCCCC(O)(CCCC)C(O)c1ccccc1. The lowest BCUT2D eigenvalue weighted by Crippen LogP contribution is -2.36. The fraction of sp³-hybridized carbons (Fsp3) is 0.625. The van der Waals surface area contributed by atoms with Crippen molar-refractivity contribution < 1.29 is 10.2 Å². The average Bonchev–Trinajstić information content (AvgIpc) is 2.43. The molecule has 0 saturated heterocycles. The molecule has 1 aromatic carbocycles. The third-order valence-electron chi connectivity index (χ3n) is 3.55. The van der Waals surface area contributed by atoms with Gasteiger partial charge in [-0.1, -0.05) is 69.9 Å². The van der Waals surface area contributed by atoms with Crippen LogP contribution in [0.5, 0.6) is 0 Å². The van der Waals surface area contributed by atoms with Gasteiger partial charge in [-0.25, -0.2) is 0 Å². The van der Waals surface area contributed by atoms with Crippen molar-refractivity contribution in [2.24, 2.45) is 0 Å². The molecule has 0 fully saturated rings. The zero-order valence-electron chi connectivity index (χ0n) is 11.6. The molecule has 2 heteroatoms. The quantitative estimate of drug-likeness (QED) is 0.736. The zero-order chi connectivity index (χ0) is 13.4. The normalized spacial score (nSPS) is 13.6. The van der Waals surface area contributed by atoms with E-state index in [2.05, 4.69) is 13.8 Å². The van der Waals surface area contributed by atoms with Crippen LogP contribution >= 0.6 is 0 Å². The molecule has 0 aliphatic carbocycles. The number of hydrogen-bond acceptors (Lipinski definition) is 2. The fourth-order valence-corrected chi connectivity index (χ4v) is 2.31. The maximum atomic E-state index is 10.7. The van der Waals surface area contributed by atoms with E-state index in [1.54, 1.807) is 0 Å². The number of unbranched alkanes of at least 4 members (excludes halogenated alkanes) is 2. The van der Waals surface area contributed by atoms with E-state index < -0.39 is 11.7 Å². The first-order valence-electron chi connectivity index (χ1n) is 7.09. The highest BCUT2D eigenvalue weighted by Crippen LogP contribution is 2.34. The highest BCUT2D eigenvalue weighted by molar-refractivity contribution is 5.20. The van der Waals surface area contributed by atoms with Crippen LogP contribution in [-0.4, -0.2) is 15.8 Å². The van der Waals surface area contributed by atoms with Crippen LogP contribution < -0.4 is 0 Å². The molecule has 2 nitrogen and oxygen atoms in total. The highest BCUT2D eigenvalue weighted by Gasteiger charge is 2.35. The minimum Gasteiger partial charge on any atom is -0.387 e. The van der Waals surface area contributed by atoms with Gasteiger partial charge in [0, 0.05) is 0 Å². The topological polar surface area (TPSA) is 40.5 Å². The van der Waals surface area contributed by atoms with E-state index in [-0.39, 0.29) is 0 Å². The molecule has 0 amide bonds. The first kappa shape index (κ1) is 15.2. The smallest absolute Gasteiger partial charge is 0.108 e. The predicted octanol–water partition coefficient (Wildman–Crippen LogP) is 3.83. The molecule has 1 aromatic rings. The van der Waals surface area contributed by atoms with E-state index in [9.17, 15) is 10.2 Å². The van der Waals surface area contributed by atoms with E-state index in [0.717, 1.165) is 31.2 Å². The van der Waals surface area contributed by atoms with Gasteiger partial charge < -0.3 is 10.2 Å². The summed E-state index contributed by atoms with van der Waals surface area (Å²) in [6.07, 6.45) is 4.52. The molecular formula is C16H26O2. The monoisotopic (exact) mass is 250 g/mol. The van der Waals surface area contributed by atoms with E-state index in [1.165, 1.54) is 0 Å². The van der Waals surface area contributed by atoms with Crippen molar-refractivity contribution in [2.75, 3.05) is 0 Å². The third kappa shape index (κ3) is 4.11. The molecule has 18 heavy (non-hydrogen) atoms. The molecule has 0 aliphatic heterocycles. The Balaban J connectivity index is 2.80. The van der Waals surface area contributed by atoms with Gasteiger partial charge in [-0.15, -0.1) is 0 Å². The molecule has 1 atom stereocenters. The molecule has 0 bridgehead atoms. The second-order valence-corrected chi connectivity index (χ2v) is 5.12. The van der Waals surface area contributed by atoms with Crippen molar-refractivity contribution >= 4 is 0 Å². The predicted molar refractivity (Wildman–Crippen MR) is 75.4 cm³/mol. The van der Waals surface area contributed by atoms with Crippen molar-refractivity contribution in [3.8, 4) is 0 Å². The average molecular weight is 250 g/mol. The van der Waals surface area contributed by atoms with Crippen LogP contribution in [0.25, 0.3) is 0 Å². The van der Waals surface area contributed by atoms with Gasteiger partial charge in [0.25, 0.3) is 0 Å². The van der Waals surface area contributed by atoms with Crippen LogP contribution in [0.3, 0.4) is 0 Å². The molecule has 0 aliphatic rings. The van der Waals surface area contributed by atoms with E-state index >= 15 is 0 Å². The van der Waals surface area contributed by atoms with Gasteiger partial charge in [0.05, 0.1) is 5.60 Å². The molecule has 0 saturated carbocycles. The van der Waals surface area contributed by atoms with Crippen molar-refractivity contribution in [1.29, 1.82) is 0 Å². The Morgan fingerprint density at radius 3 is 1.94 bits per heavy atom. The van der Waals surface area contributed by atoms with Crippen LogP contribution in [-0.2, 0) is 0 Å². The second kappa shape index (κ2) is 7.55. The van der Waals surface area contributed by atoms with Crippen LogP contribution in [0.2, 0.25) is 0 Å². The van der Waals surface area contributed by atoms with E-state index in [4.69, 9.17) is 0 Å². The Morgan fingerprint density at radius 2 is 1.50 bits per heavy atom. The standard InChI is InChI=1S/C16H26O2/c1-3-5-12-16(18,13-6-4-2)15(17)14-10-8-7-9-11-14/h7-11,15,17-18H,3-6,12-13H2,1-2H3. The van der Waals surface area contributed by atoms with Crippen molar-refractivity contribution in [2.45, 2.75) is 64.1 Å². The molecule has 1 unspecified atom stereocenters. The first-order chi connectivity index (χ1) is 8.64. The van der Waals surface area contributed by atoms with Crippen LogP contribution in [0, 0.1) is 0 Å². The summed E-state index contributed by atoms with van der Waals surface area (Å²) in [5.41, 5.74) is -0.167. The largest absolute Gasteiger partial charge is 0.387 e. The Hall–Kier alpha value is -0.860. The highest BCUT2D eigenvalue weighted by atomic mass is 16.3. The van der Waals surface area contributed by atoms with Crippen molar-refractivity contribution in [3.05, 3.63) is 35.9 Å². The number of benzene rings is 1. The minimum atomic E-state index is -0.979. The van der Waals surface area contributed by atoms with Crippen LogP contribution in [0.4, 0.5) is 0 Å². The van der Waals surface area contributed by atoms with Crippen molar-refractivity contribution in [3.63, 3.8) is 0 Å². The molecular weight excluding hydrogens is 224 g/mol. The molecule has 102 valence electrons. The number of hydrogen-bond donors (Lipinski definition) is 2. The Kier molecular flexibility index (Phi) is 6.37. The van der Waals surface area contributed by atoms with E-state index in [0.29, 0.717) is 12.8 Å². The summed E-state index contributed by atoms with van der Waals surface area (Å²) < 4.78 is 0. The lowest BCUT2D eigenvalue weighted by atomic mass is 9.82. The summed E-state index contributed by atoms with van der Waals surface area (Å²) in [6, 6.07) is 9.49. The molecule has 0 radical (unpaired) electrons. The summed E-state index contributed by atoms with van der Waals surface area (Å²) in [6.45, 7) is 4.21. The summed E-state index contributed by atoms with van der Waals surface area (Å²) >= 11 is 0. The minimum absolute atomic E-state index is 0.666. The Morgan fingerprint density at radius 1 is 1.00 bits per heavy atom. The van der Waals surface area contributed by atoms with Gasteiger partial charge in [0.1, 0.15) is 6.10 Å². The second-order valence-electron chi connectivity index (χ2n) is 5.12. The van der Waals surface area contributed by atoms with Gasteiger partial charge in [0.2, 0.25) is 0 Å². The molecule has 0 aromatic heterocycles. The lowest BCUT2D eigenvalue weighted by Gasteiger charge is -2.33. The van der Waals surface area contributed by atoms with E-state index in [1.807, 2.05) is 30.3 Å². The van der Waals surface area contributed by atoms with Gasteiger partial charge in [-0.3, -0.25) is 0 Å². The number of rotatable bonds is 8. The maximum Gasteiger partial charge on any atom is 0.108 e. The molecule has 0 heterocycles. The molecule has 1 rings (SSSR count). The zero-order valence-corrected chi connectivity index (χ0v) is 11.6. The van der Waals surface area contributed by atoms with Gasteiger partial charge in [0.15, 0.2) is 0 Å². The summed E-state index contributed by atoms with van der Waals surface area (Å²) in [5.74, 6) is 0. The van der Waals surface area contributed by atoms with Gasteiger partial charge in [-0.05, 0) is 18.4 Å². The van der Waals surface area contributed by atoms with Gasteiger partial charge >= 0.3 is 0 Å². The number of aliphatic hydroxyl groups is 2. The van der Waals surface area contributed by atoms with Crippen LogP contribution in [0.1, 0.15) is 64.0 Å². The Labute approximate surface area is 111 Å². The van der Waals surface area contributed by atoms with Crippen LogP contribution in [0.15, 0.2) is 30.3 Å². The summed E-state index contributed by atoms with van der Waals surface area (Å²) in [7, 11) is 0. The van der Waals surface area contributed by atoms with Gasteiger partial charge in [-0.2, -0.15) is 0 Å². The third-order valence-corrected chi connectivity index (χ3v) is 3.55. The number of aliphatic hydroxyl groups excluding tert-OH is 1. The fourth-order valence-electron chi connectivity index (χ4n) is 2.31. The first-order valence-corrected chi connectivity index (χ1v) is 7.09. The molecule has 0 spiro atoms. The lowest BCUT2D eigenvalue weighted by molar-refractivity contribution is -0.0904. The Bertz CT molecular complexity index is 313. The van der Waals surface area contributed by atoms with Crippen molar-refractivity contribution in [1.82, 2.24) is 0 Å². The summed E-state index contributed by atoms with van der Waals surface area (Å²) in [4.78, 5) is 0. The maximum absolute atomic E-state index is 10.7. The summed E-state index contributed by atoms with van der Waals surface area (Å²) in [5, 5.41) is 21.2. The molecule has 2 N–H and O–H groups in total.